The molecule has 1 atom stereocenters. The predicted molar refractivity (Wildman–Crippen MR) is 104 cm³/mol. The summed E-state index contributed by atoms with van der Waals surface area (Å²) in [6.45, 7) is 2.45. The number of aryl methyl sites for hydroxylation is 1. The van der Waals surface area contributed by atoms with Crippen molar-refractivity contribution in [3.05, 3.63) is 64.7 Å². The molecular weight excluding hydrogens is 404 g/mol. The molecule has 29 heavy (non-hydrogen) atoms. The van der Waals surface area contributed by atoms with Gasteiger partial charge in [0.25, 0.3) is 23.1 Å². The van der Waals surface area contributed by atoms with Crippen LogP contribution in [0.5, 0.6) is 0 Å². The molecule has 0 aromatic heterocycles. The van der Waals surface area contributed by atoms with E-state index in [1.54, 1.807) is 17.9 Å². The smallest absolute Gasteiger partial charge is 0.259 e. The molecule has 154 valence electrons. The number of halogens is 2. The Morgan fingerprint density at radius 3 is 2.07 bits per heavy atom. The van der Waals surface area contributed by atoms with E-state index >= 15 is 0 Å². The molecule has 1 unspecified atom stereocenters. The maximum atomic E-state index is 13.8. The maximum Gasteiger partial charge on any atom is 0.259 e. The van der Waals surface area contributed by atoms with E-state index in [2.05, 4.69) is 4.72 Å². The van der Waals surface area contributed by atoms with Crippen LogP contribution in [-0.2, 0) is 11.3 Å². The number of anilines is 1. The van der Waals surface area contributed by atoms with Gasteiger partial charge in [0.1, 0.15) is 17.2 Å². The molecule has 3 rings (SSSR count). The van der Waals surface area contributed by atoms with Crippen LogP contribution in [-0.4, -0.2) is 56.6 Å². The second kappa shape index (κ2) is 8.66. The number of carbonyl (C=O) groups is 2. The zero-order chi connectivity index (χ0) is 21.1. The van der Waals surface area contributed by atoms with Crippen LogP contribution in [0.15, 0.2) is 36.4 Å². The molecule has 0 saturated carbocycles. The molecule has 2 N–H and O–H groups in total. The van der Waals surface area contributed by atoms with Crippen LogP contribution < -0.4 is 4.72 Å². The van der Waals surface area contributed by atoms with E-state index in [4.69, 9.17) is 4.55 Å². The topological polar surface area (TPSA) is 90.0 Å². The molecule has 2 amide bonds. The molecule has 0 radical (unpaired) electrons. The number of carbonyl (C=O) groups excluding carboxylic acids is 2. The molecule has 2 aromatic rings. The first-order valence-electron chi connectivity index (χ1n) is 8.78. The van der Waals surface area contributed by atoms with Crippen LogP contribution in [0.2, 0.25) is 0 Å². The zero-order valence-electron chi connectivity index (χ0n) is 15.5. The van der Waals surface area contributed by atoms with Gasteiger partial charge in [-0.3, -0.25) is 18.9 Å². The lowest BCUT2D eigenvalue weighted by molar-refractivity contribution is 0.0530. The number of nitrogens with zero attached hydrogens (tertiary/aromatic N) is 2. The Hall–Kier alpha value is -2.85. The summed E-state index contributed by atoms with van der Waals surface area (Å²) in [4.78, 5) is 28.0. The van der Waals surface area contributed by atoms with Crippen molar-refractivity contribution in [1.82, 2.24) is 9.80 Å². The fraction of sp³-hybridized carbons (Fsp3) is 0.263. The minimum atomic E-state index is -2.21. The average Bonchev–Trinajstić information content (AvgIpc) is 2.68. The van der Waals surface area contributed by atoms with Crippen molar-refractivity contribution in [2.75, 3.05) is 30.9 Å². The van der Waals surface area contributed by atoms with Crippen LogP contribution >= 0.6 is 0 Å². The predicted octanol–water partition coefficient (Wildman–Crippen LogP) is 2.42. The van der Waals surface area contributed by atoms with Gasteiger partial charge in [0, 0.05) is 31.7 Å². The molecule has 1 fully saturated rings. The van der Waals surface area contributed by atoms with Crippen molar-refractivity contribution in [3.63, 3.8) is 0 Å². The van der Waals surface area contributed by atoms with Crippen molar-refractivity contribution >= 4 is 28.8 Å². The van der Waals surface area contributed by atoms with E-state index < -0.39 is 34.4 Å². The van der Waals surface area contributed by atoms with E-state index in [0.29, 0.717) is 16.8 Å². The zero-order valence-corrected chi connectivity index (χ0v) is 16.3. The van der Waals surface area contributed by atoms with E-state index in [9.17, 15) is 22.6 Å². The van der Waals surface area contributed by atoms with Gasteiger partial charge in [0.2, 0.25) is 0 Å². The van der Waals surface area contributed by atoms with Crippen molar-refractivity contribution in [3.8, 4) is 0 Å². The fourth-order valence-electron chi connectivity index (χ4n) is 3.16. The van der Waals surface area contributed by atoms with E-state index in [-0.39, 0.29) is 32.1 Å². The average molecular weight is 423 g/mol. The number of benzene rings is 2. The minimum Gasteiger partial charge on any atom is -0.335 e. The summed E-state index contributed by atoms with van der Waals surface area (Å²) in [6, 6.07) is 7.93. The van der Waals surface area contributed by atoms with Crippen molar-refractivity contribution in [2.24, 2.45) is 0 Å². The number of piperazine rings is 1. The van der Waals surface area contributed by atoms with Crippen LogP contribution in [0.4, 0.5) is 14.5 Å². The highest BCUT2D eigenvalue weighted by Crippen LogP contribution is 2.20. The molecule has 0 spiro atoms. The van der Waals surface area contributed by atoms with Gasteiger partial charge in [-0.05, 0) is 42.8 Å². The number of rotatable bonds is 4. The molecule has 0 bridgehead atoms. The lowest BCUT2D eigenvalue weighted by atomic mass is 10.1. The Balaban J connectivity index is 1.66. The van der Waals surface area contributed by atoms with Crippen LogP contribution in [0.1, 0.15) is 26.3 Å². The Bertz CT molecular complexity index is 958. The first-order chi connectivity index (χ1) is 13.8. The normalized spacial score (nSPS) is 15.2. The summed E-state index contributed by atoms with van der Waals surface area (Å²) in [6.07, 6.45) is 0. The van der Waals surface area contributed by atoms with Crippen molar-refractivity contribution in [1.29, 1.82) is 0 Å². The monoisotopic (exact) mass is 423 g/mol. The molecule has 7 nitrogen and oxygen atoms in total. The Kier molecular flexibility index (Phi) is 6.23. The van der Waals surface area contributed by atoms with E-state index in [0.717, 1.165) is 12.1 Å². The third-order valence-corrected chi connectivity index (χ3v) is 5.10. The lowest BCUT2D eigenvalue weighted by Crippen LogP contribution is -2.50. The number of nitrogens with one attached hydrogen (secondary N) is 1. The summed E-state index contributed by atoms with van der Waals surface area (Å²) in [7, 11) is 0. The number of hydrogen-bond donors (Lipinski definition) is 2. The molecular formula is C19H19F2N3O4S. The lowest BCUT2D eigenvalue weighted by Gasteiger charge is -2.35. The summed E-state index contributed by atoms with van der Waals surface area (Å²) in [5.41, 5.74) is 0.871. The quantitative estimate of drug-likeness (QED) is 0.739. The second-order valence-electron chi connectivity index (χ2n) is 6.56. The minimum absolute atomic E-state index is 0.153. The Morgan fingerprint density at radius 1 is 1.00 bits per heavy atom. The van der Waals surface area contributed by atoms with Gasteiger partial charge in [-0.2, -0.15) is 0 Å². The Labute approximate surface area is 168 Å². The summed E-state index contributed by atoms with van der Waals surface area (Å²) in [5, 5.41) is 0. The molecule has 10 heteroatoms. The second-order valence-corrected chi connectivity index (χ2v) is 7.26. The van der Waals surface area contributed by atoms with Crippen LogP contribution in [0.25, 0.3) is 0 Å². The maximum absolute atomic E-state index is 13.8. The van der Waals surface area contributed by atoms with Gasteiger partial charge < -0.3 is 9.80 Å². The standard InChI is InChI=1S/C19H19F2N3O4S/c1-12-11-13(5-6-16(12)22-29(27)28)18(25)23-7-9-24(10-8-23)19(26)17-14(20)3-2-4-15(17)21/h2-6,11,22H,7-10H2,1H3,(H,27,28). The molecule has 1 heterocycles. The third kappa shape index (κ3) is 4.60. The first kappa shape index (κ1) is 20.9. The Morgan fingerprint density at radius 2 is 1.55 bits per heavy atom. The summed E-state index contributed by atoms with van der Waals surface area (Å²) >= 11 is -2.21. The highest BCUT2D eigenvalue weighted by molar-refractivity contribution is 7.80. The van der Waals surface area contributed by atoms with Gasteiger partial charge in [0.05, 0.1) is 5.69 Å². The largest absolute Gasteiger partial charge is 0.335 e. The highest BCUT2D eigenvalue weighted by Gasteiger charge is 2.28. The summed E-state index contributed by atoms with van der Waals surface area (Å²) < 4.78 is 49.8. The molecule has 1 saturated heterocycles. The highest BCUT2D eigenvalue weighted by atomic mass is 32.2. The van der Waals surface area contributed by atoms with E-state index in [1.807, 2.05) is 0 Å². The molecule has 1 aliphatic heterocycles. The van der Waals surface area contributed by atoms with Gasteiger partial charge >= 0.3 is 0 Å². The molecule has 2 aromatic carbocycles. The van der Waals surface area contributed by atoms with Crippen molar-refractivity contribution < 1.29 is 27.1 Å². The van der Waals surface area contributed by atoms with Crippen LogP contribution in [0, 0.1) is 18.6 Å². The summed E-state index contributed by atoms with van der Waals surface area (Å²) in [5.74, 6) is -2.83. The first-order valence-corrected chi connectivity index (χ1v) is 9.89. The van der Waals surface area contributed by atoms with Crippen LogP contribution in [0.3, 0.4) is 0 Å². The van der Waals surface area contributed by atoms with Gasteiger partial charge in [-0.1, -0.05) is 6.07 Å². The molecule has 1 aliphatic rings. The van der Waals surface area contributed by atoms with Gasteiger partial charge in [0.15, 0.2) is 0 Å². The molecule has 0 aliphatic carbocycles. The third-order valence-electron chi connectivity index (χ3n) is 4.70. The fourth-order valence-corrected chi connectivity index (χ4v) is 3.58. The van der Waals surface area contributed by atoms with Gasteiger partial charge in [-0.25, -0.2) is 13.0 Å². The number of hydrogen-bond acceptors (Lipinski definition) is 3. The number of amides is 2. The van der Waals surface area contributed by atoms with Gasteiger partial charge in [-0.15, -0.1) is 0 Å². The SMILES string of the molecule is Cc1cc(C(=O)N2CCN(C(=O)c3c(F)cccc3F)CC2)ccc1NS(=O)O. The van der Waals surface area contributed by atoms with E-state index in [1.165, 1.54) is 23.1 Å². The van der Waals surface area contributed by atoms with Crippen molar-refractivity contribution in [2.45, 2.75) is 6.92 Å².